The minimum atomic E-state index is -0.981. The summed E-state index contributed by atoms with van der Waals surface area (Å²) in [6, 6.07) is 11.2. The van der Waals surface area contributed by atoms with Crippen LogP contribution in [-0.2, 0) is 16.1 Å². The first-order chi connectivity index (χ1) is 14.2. The van der Waals surface area contributed by atoms with Crippen molar-refractivity contribution in [2.75, 3.05) is 38.0 Å². The van der Waals surface area contributed by atoms with Crippen LogP contribution >= 0.6 is 0 Å². The van der Waals surface area contributed by atoms with E-state index in [1.54, 1.807) is 39.0 Å². The van der Waals surface area contributed by atoms with Gasteiger partial charge in [0.2, 0.25) is 11.8 Å². The van der Waals surface area contributed by atoms with Crippen molar-refractivity contribution in [2.24, 2.45) is 0 Å². The molecule has 0 unspecified atom stereocenters. The molecule has 0 radical (unpaired) electrons. The quantitative estimate of drug-likeness (QED) is 0.790. The second-order valence-electron chi connectivity index (χ2n) is 8.07. The number of amides is 2. The molecular weight excluding hydrogens is 382 g/mol. The first-order valence-electron chi connectivity index (χ1n) is 9.82. The lowest BCUT2D eigenvalue weighted by Gasteiger charge is -2.42. The monoisotopic (exact) mass is 411 g/mol. The maximum absolute atomic E-state index is 13.3. The van der Waals surface area contributed by atoms with E-state index in [2.05, 4.69) is 5.32 Å². The smallest absolute Gasteiger partial charge is 0.250 e. The van der Waals surface area contributed by atoms with Crippen LogP contribution in [0.5, 0.6) is 11.5 Å². The predicted molar refractivity (Wildman–Crippen MR) is 117 cm³/mol. The third-order valence-electron chi connectivity index (χ3n) is 5.44. The zero-order chi connectivity index (χ0) is 22.1. The molecule has 0 spiro atoms. The fourth-order valence-corrected chi connectivity index (χ4v) is 3.74. The Labute approximate surface area is 177 Å². The summed E-state index contributed by atoms with van der Waals surface area (Å²) in [5.41, 5.74) is 2.47. The normalized spacial score (nSPS) is 14.9. The summed E-state index contributed by atoms with van der Waals surface area (Å²) in [4.78, 5) is 29.4. The number of hydrogen-bond donors (Lipinski definition) is 1. The first kappa shape index (κ1) is 21.6. The van der Waals surface area contributed by atoms with Gasteiger partial charge in [0.1, 0.15) is 5.54 Å². The van der Waals surface area contributed by atoms with Crippen LogP contribution in [0.25, 0.3) is 0 Å². The van der Waals surface area contributed by atoms with Gasteiger partial charge < -0.3 is 14.8 Å². The van der Waals surface area contributed by atoms with E-state index in [4.69, 9.17) is 9.47 Å². The van der Waals surface area contributed by atoms with Crippen molar-refractivity contribution in [3.63, 3.8) is 0 Å². The number of para-hydroxylation sites is 2. The van der Waals surface area contributed by atoms with Crippen molar-refractivity contribution in [3.05, 3.63) is 47.5 Å². The zero-order valence-corrected chi connectivity index (χ0v) is 18.4. The number of nitrogens with zero attached hydrogens (tertiary/aromatic N) is 2. The number of likely N-dealkylation sites (N-methyl/N-ethyl adjacent to an activating group) is 1. The highest BCUT2D eigenvalue weighted by Crippen LogP contribution is 2.37. The lowest BCUT2D eigenvalue weighted by molar-refractivity contribution is -0.127. The number of fused-ring (bicyclic) bond motifs is 1. The van der Waals surface area contributed by atoms with Gasteiger partial charge >= 0.3 is 0 Å². The molecule has 2 aromatic rings. The highest BCUT2D eigenvalue weighted by atomic mass is 16.5. The summed E-state index contributed by atoms with van der Waals surface area (Å²) in [6.07, 6.45) is 0. The molecule has 0 aliphatic carbocycles. The number of benzene rings is 2. The van der Waals surface area contributed by atoms with Crippen molar-refractivity contribution in [2.45, 2.75) is 32.9 Å². The number of methoxy groups -OCH3 is 2. The van der Waals surface area contributed by atoms with Crippen LogP contribution in [0.4, 0.5) is 11.4 Å². The van der Waals surface area contributed by atoms with Crippen molar-refractivity contribution in [3.8, 4) is 11.5 Å². The van der Waals surface area contributed by atoms with Gasteiger partial charge in [-0.3, -0.25) is 19.4 Å². The summed E-state index contributed by atoms with van der Waals surface area (Å²) < 4.78 is 10.8. The maximum atomic E-state index is 13.3. The molecule has 0 saturated heterocycles. The summed E-state index contributed by atoms with van der Waals surface area (Å²) >= 11 is 0. The first-order valence-corrected chi connectivity index (χ1v) is 9.82. The fourth-order valence-electron chi connectivity index (χ4n) is 3.74. The van der Waals surface area contributed by atoms with Gasteiger partial charge in [-0.15, -0.1) is 0 Å². The number of carbonyl (C=O) groups is 2. The molecule has 0 bridgehead atoms. The highest BCUT2D eigenvalue weighted by Gasteiger charge is 2.43. The van der Waals surface area contributed by atoms with E-state index in [0.29, 0.717) is 29.4 Å². The van der Waals surface area contributed by atoms with Crippen LogP contribution < -0.4 is 19.7 Å². The van der Waals surface area contributed by atoms with Crippen LogP contribution in [0.2, 0.25) is 0 Å². The van der Waals surface area contributed by atoms with Gasteiger partial charge in [-0.2, -0.15) is 0 Å². The Morgan fingerprint density at radius 3 is 2.43 bits per heavy atom. The van der Waals surface area contributed by atoms with Crippen LogP contribution in [-0.4, -0.2) is 50.1 Å². The molecule has 0 fully saturated rings. The summed E-state index contributed by atoms with van der Waals surface area (Å²) in [6.45, 7) is 6.24. The number of aryl methyl sites for hydroxylation is 1. The SMILES string of the molecule is COc1cc(C)c(CN(C)CC(=O)N2c3ccccc3NC(=O)C2(C)C)cc1OC. The summed E-state index contributed by atoms with van der Waals surface area (Å²) in [5.74, 6) is 0.992. The Morgan fingerprint density at radius 1 is 1.13 bits per heavy atom. The van der Waals surface area contributed by atoms with E-state index in [9.17, 15) is 9.59 Å². The summed E-state index contributed by atoms with van der Waals surface area (Å²) in [7, 11) is 5.10. The van der Waals surface area contributed by atoms with Crippen LogP contribution in [0, 0.1) is 6.92 Å². The fraction of sp³-hybridized carbons (Fsp3) is 0.391. The number of ether oxygens (including phenoxy) is 2. The number of anilines is 2. The third kappa shape index (κ3) is 3.98. The molecule has 1 aliphatic rings. The molecule has 1 N–H and O–H groups in total. The van der Waals surface area contributed by atoms with E-state index >= 15 is 0 Å². The average molecular weight is 412 g/mol. The molecule has 0 saturated carbocycles. The number of hydrogen-bond acceptors (Lipinski definition) is 5. The molecule has 1 aliphatic heterocycles. The lowest BCUT2D eigenvalue weighted by Crippen LogP contribution is -2.60. The van der Waals surface area contributed by atoms with Gasteiger partial charge in [-0.1, -0.05) is 12.1 Å². The number of carbonyl (C=O) groups excluding carboxylic acids is 2. The van der Waals surface area contributed by atoms with Crippen molar-refractivity contribution in [1.82, 2.24) is 4.90 Å². The Morgan fingerprint density at radius 2 is 1.77 bits per heavy atom. The molecule has 2 amide bonds. The minimum absolute atomic E-state index is 0.136. The molecule has 0 aromatic heterocycles. The number of rotatable bonds is 6. The second-order valence-corrected chi connectivity index (χ2v) is 8.07. The Balaban J connectivity index is 1.81. The molecule has 0 atom stereocenters. The molecule has 2 aromatic carbocycles. The van der Waals surface area contributed by atoms with Gasteiger partial charge in [0.25, 0.3) is 0 Å². The van der Waals surface area contributed by atoms with Gasteiger partial charge in [0.05, 0.1) is 32.1 Å². The standard InChI is InChI=1S/C23H29N3O4/c1-15-11-19(29-5)20(30-6)12-16(15)13-25(4)14-21(27)26-18-10-8-7-9-17(18)24-22(28)23(26,2)3/h7-12H,13-14H2,1-6H3,(H,24,28). The lowest BCUT2D eigenvalue weighted by atomic mass is 9.96. The average Bonchev–Trinajstić information content (AvgIpc) is 2.69. The van der Waals surface area contributed by atoms with Crippen molar-refractivity contribution < 1.29 is 19.1 Å². The maximum Gasteiger partial charge on any atom is 0.250 e. The molecule has 1 heterocycles. The van der Waals surface area contributed by atoms with E-state index in [-0.39, 0.29) is 18.4 Å². The molecule has 7 heteroatoms. The zero-order valence-electron chi connectivity index (χ0n) is 18.4. The third-order valence-corrected chi connectivity index (χ3v) is 5.44. The number of nitrogens with one attached hydrogen (secondary N) is 1. The second kappa shape index (κ2) is 8.36. The van der Waals surface area contributed by atoms with Gasteiger partial charge in [0.15, 0.2) is 11.5 Å². The topological polar surface area (TPSA) is 71.1 Å². The van der Waals surface area contributed by atoms with E-state index in [1.807, 2.05) is 49.2 Å². The molecule has 7 nitrogen and oxygen atoms in total. The highest BCUT2D eigenvalue weighted by molar-refractivity contribution is 6.14. The predicted octanol–water partition coefficient (Wildman–Crippen LogP) is 3.21. The van der Waals surface area contributed by atoms with Crippen molar-refractivity contribution in [1.29, 1.82) is 0 Å². The molecule has 3 rings (SSSR count). The van der Waals surface area contributed by atoms with Gasteiger partial charge in [-0.25, -0.2) is 0 Å². The van der Waals surface area contributed by atoms with E-state index in [1.165, 1.54) is 0 Å². The Bertz CT molecular complexity index is 971. The van der Waals surface area contributed by atoms with Gasteiger partial charge in [-0.05, 0) is 63.2 Å². The van der Waals surface area contributed by atoms with E-state index in [0.717, 1.165) is 11.1 Å². The van der Waals surface area contributed by atoms with E-state index < -0.39 is 5.54 Å². The summed E-state index contributed by atoms with van der Waals surface area (Å²) in [5, 5.41) is 2.89. The largest absolute Gasteiger partial charge is 0.493 e. The molecular formula is C23H29N3O4. The van der Waals surface area contributed by atoms with Gasteiger partial charge in [0, 0.05) is 6.54 Å². The Kier molecular flexibility index (Phi) is 6.03. The van der Waals surface area contributed by atoms with Crippen molar-refractivity contribution >= 4 is 23.2 Å². The van der Waals surface area contributed by atoms with Crippen LogP contribution in [0.15, 0.2) is 36.4 Å². The molecule has 160 valence electrons. The minimum Gasteiger partial charge on any atom is -0.493 e. The van der Waals surface area contributed by atoms with Crippen LogP contribution in [0.3, 0.4) is 0 Å². The molecule has 30 heavy (non-hydrogen) atoms. The van der Waals surface area contributed by atoms with Crippen LogP contribution in [0.1, 0.15) is 25.0 Å². The Hall–Kier alpha value is -3.06.